The van der Waals surface area contributed by atoms with E-state index in [1.807, 2.05) is 64.9 Å². The average Bonchev–Trinajstić information content (AvgIpc) is 3.33. The number of hydrogen-bond acceptors (Lipinski definition) is 5. The van der Waals surface area contributed by atoms with Gasteiger partial charge in [0.25, 0.3) is 0 Å². The third kappa shape index (κ3) is 3.29. The summed E-state index contributed by atoms with van der Waals surface area (Å²) in [5.41, 5.74) is 3.99. The predicted molar refractivity (Wildman–Crippen MR) is 117 cm³/mol. The van der Waals surface area contributed by atoms with E-state index in [-0.39, 0.29) is 6.03 Å². The van der Waals surface area contributed by atoms with Gasteiger partial charge < -0.3 is 15.0 Å². The highest BCUT2D eigenvalue weighted by Crippen LogP contribution is 2.30. The number of methoxy groups -OCH3 is 1. The number of aromatic nitrogens is 3. The van der Waals surface area contributed by atoms with Crippen molar-refractivity contribution >= 4 is 28.0 Å². The molecule has 1 N–H and O–H groups in total. The number of para-hydroxylation sites is 1. The minimum atomic E-state index is -0.0760. The van der Waals surface area contributed by atoms with Crippen molar-refractivity contribution in [2.45, 2.75) is 19.9 Å². The van der Waals surface area contributed by atoms with E-state index in [0.717, 1.165) is 44.5 Å². The van der Waals surface area contributed by atoms with Crippen molar-refractivity contribution in [2.75, 3.05) is 19.0 Å². The number of ether oxygens (including phenoxy) is 1. The summed E-state index contributed by atoms with van der Waals surface area (Å²) < 4.78 is 7.14. The van der Waals surface area contributed by atoms with Crippen LogP contribution >= 0.6 is 11.3 Å². The maximum absolute atomic E-state index is 12.7. The SMILES string of the molecule is COc1ccc(-c2nc3sc4c(n3n2)CCN(C(=O)Nc2ccccc2C)C4)cc1. The van der Waals surface area contributed by atoms with Crippen molar-refractivity contribution in [3.05, 3.63) is 64.7 Å². The van der Waals surface area contributed by atoms with Crippen LogP contribution < -0.4 is 10.1 Å². The molecule has 8 heteroatoms. The van der Waals surface area contributed by atoms with Gasteiger partial charge in [-0.2, -0.15) is 4.98 Å². The van der Waals surface area contributed by atoms with E-state index in [2.05, 4.69) is 5.32 Å². The number of benzene rings is 2. The quantitative estimate of drug-likeness (QED) is 0.535. The highest BCUT2D eigenvalue weighted by atomic mass is 32.1. The summed E-state index contributed by atoms with van der Waals surface area (Å²) in [4.78, 5) is 21.3. The zero-order valence-electron chi connectivity index (χ0n) is 16.8. The first-order valence-electron chi connectivity index (χ1n) is 9.75. The predicted octanol–water partition coefficient (Wildman–Crippen LogP) is 4.37. The molecule has 3 heterocycles. The number of fused-ring (bicyclic) bond motifs is 3. The number of amides is 2. The lowest BCUT2D eigenvalue weighted by molar-refractivity contribution is 0.206. The van der Waals surface area contributed by atoms with Gasteiger partial charge >= 0.3 is 6.03 Å². The monoisotopic (exact) mass is 419 g/mol. The molecular formula is C22H21N5O2S. The summed E-state index contributed by atoms with van der Waals surface area (Å²) in [5.74, 6) is 1.51. The molecule has 0 atom stereocenters. The Hall–Kier alpha value is -3.39. The van der Waals surface area contributed by atoms with Crippen molar-refractivity contribution in [2.24, 2.45) is 0 Å². The summed E-state index contributed by atoms with van der Waals surface area (Å²) in [6, 6.07) is 15.5. The first-order chi connectivity index (χ1) is 14.6. The molecule has 0 radical (unpaired) electrons. The Morgan fingerprint density at radius 2 is 1.97 bits per heavy atom. The standard InChI is InChI=1S/C22H21N5O2S/c1-14-5-3-4-6-17(14)23-21(28)26-12-11-18-19(13-26)30-22-24-20(25-27(18)22)15-7-9-16(29-2)10-8-15/h3-10H,11-13H2,1-2H3,(H,23,28). The number of nitrogens with one attached hydrogen (secondary N) is 1. The second-order valence-electron chi connectivity index (χ2n) is 7.25. The van der Waals surface area contributed by atoms with Crippen molar-refractivity contribution in [1.82, 2.24) is 19.5 Å². The number of urea groups is 1. The molecule has 0 fully saturated rings. The van der Waals surface area contributed by atoms with E-state index in [0.29, 0.717) is 18.9 Å². The van der Waals surface area contributed by atoms with Crippen molar-refractivity contribution in [3.8, 4) is 17.1 Å². The molecule has 5 rings (SSSR count). The molecule has 7 nitrogen and oxygen atoms in total. The topological polar surface area (TPSA) is 71.8 Å². The Labute approximate surface area is 177 Å². The van der Waals surface area contributed by atoms with Crippen LogP contribution in [0.5, 0.6) is 5.75 Å². The summed E-state index contributed by atoms with van der Waals surface area (Å²) in [7, 11) is 1.65. The van der Waals surface area contributed by atoms with Crippen LogP contribution in [0.15, 0.2) is 48.5 Å². The Morgan fingerprint density at radius 1 is 1.17 bits per heavy atom. The first-order valence-corrected chi connectivity index (χ1v) is 10.6. The van der Waals surface area contributed by atoms with Crippen molar-refractivity contribution in [1.29, 1.82) is 0 Å². The Bertz CT molecular complexity index is 1230. The largest absolute Gasteiger partial charge is 0.497 e. The minimum Gasteiger partial charge on any atom is -0.497 e. The second kappa shape index (κ2) is 7.46. The van der Waals surface area contributed by atoms with Gasteiger partial charge in [-0.3, -0.25) is 0 Å². The summed E-state index contributed by atoms with van der Waals surface area (Å²) in [5, 5.41) is 7.74. The highest BCUT2D eigenvalue weighted by Gasteiger charge is 2.26. The third-order valence-electron chi connectivity index (χ3n) is 5.34. The second-order valence-corrected chi connectivity index (χ2v) is 8.31. The molecule has 2 aromatic carbocycles. The van der Waals surface area contributed by atoms with E-state index in [9.17, 15) is 4.79 Å². The van der Waals surface area contributed by atoms with Gasteiger partial charge in [0.15, 0.2) is 5.82 Å². The zero-order valence-corrected chi connectivity index (χ0v) is 17.6. The summed E-state index contributed by atoms with van der Waals surface area (Å²) in [6.45, 7) is 3.21. The number of rotatable bonds is 3. The molecule has 30 heavy (non-hydrogen) atoms. The number of carbonyl (C=O) groups excluding carboxylic acids is 1. The fraction of sp³-hybridized carbons (Fsp3) is 0.227. The lowest BCUT2D eigenvalue weighted by Crippen LogP contribution is -2.38. The summed E-state index contributed by atoms with van der Waals surface area (Å²) >= 11 is 1.60. The molecule has 0 saturated heterocycles. The number of anilines is 1. The number of nitrogens with zero attached hydrogens (tertiary/aromatic N) is 4. The molecule has 152 valence electrons. The van der Waals surface area contributed by atoms with Gasteiger partial charge in [-0.15, -0.1) is 5.10 Å². The molecule has 4 aromatic rings. The Kier molecular flexibility index (Phi) is 4.63. The van der Waals surface area contributed by atoms with E-state index in [1.54, 1.807) is 18.4 Å². The molecule has 0 unspecified atom stereocenters. The molecule has 0 saturated carbocycles. The fourth-order valence-corrected chi connectivity index (χ4v) is 4.75. The lowest BCUT2D eigenvalue weighted by Gasteiger charge is -2.27. The average molecular weight is 420 g/mol. The number of thiazole rings is 1. The lowest BCUT2D eigenvalue weighted by atomic mass is 10.2. The van der Waals surface area contributed by atoms with Gasteiger partial charge in [0.2, 0.25) is 4.96 Å². The summed E-state index contributed by atoms with van der Waals surface area (Å²) in [6.07, 6.45) is 0.752. The maximum Gasteiger partial charge on any atom is 0.322 e. The normalized spacial score (nSPS) is 13.3. The molecule has 1 aliphatic rings. The number of hydrogen-bond donors (Lipinski definition) is 1. The van der Waals surface area contributed by atoms with Gasteiger partial charge in [-0.05, 0) is 42.8 Å². The zero-order chi connectivity index (χ0) is 20.7. The van der Waals surface area contributed by atoms with Crippen LogP contribution in [0.4, 0.5) is 10.5 Å². The van der Waals surface area contributed by atoms with Gasteiger partial charge in [-0.1, -0.05) is 29.5 Å². The first kappa shape index (κ1) is 18.6. The Balaban J connectivity index is 1.36. The van der Waals surface area contributed by atoms with E-state index < -0.39 is 0 Å². The van der Waals surface area contributed by atoms with Crippen LogP contribution in [0, 0.1) is 6.92 Å². The van der Waals surface area contributed by atoms with Crippen LogP contribution in [0.25, 0.3) is 16.3 Å². The molecule has 0 bridgehead atoms. The molecule has 2 aromatic heterocycles. The van der Waals surface area contributed by atoms with Gasteiger partial charge in [0, 0.05) is 29.1 Å². The van der Waals surface area contributed by atoms with Crippen molar-refractivity contribution < 1.29 is 9.53 Å². The molecular weight excluding hydrogens is 398 g/mol. The smallest absolute Gasteiger partial charge is 0.322 e. The van der Waals surface area contributed by atoms with E-state index >= 15 is 0 Å². The van der Waals surface area contributed by atoms with Crippen LogP contribution in [-0.4, -0.2) is 39.2 Å². The van der Waals surface area contributed by atoms with E-state index in [4.69, 9.17) is 14.8 Å². The van der Waals surface area contributed by atoms with Gasteiger partial charge in [0.1, 0.15) is 5.75 Å². The molecule has 0 aliphatic carbocycles. The van der Waals surface area contributed by atoms with Crippen LogP contribution in [-0.2, 0) is 13.0 Å². The van der Waals surface area contributed by atoms with Gasteiger partial charge in [0.05, 0.1) is 19.3 Å². The van der Waals surface area contributed by atoms with Crippen LogP contribution in [0.2, 0.25) is 0 Å². The van der Waals surface area contributed by atoms with E-state index in [1.165, 1.54) is 0 Å². The van der Waals surface area contributed by atoms with Crippen LogP contribution in [0.1, 0.15) is 16.1 Å². The molecule has 0 spiro atoms. The van der Waals surface area contributed by atoms with Crippen molar-refractivity contribution in [3.63, 3.8) is 0 Å². The fourth-order valence-electron chi connectivity index (χ4n) is 3.63. The molecule has 1 aliphatic heterocycles. The number of carbonyl (C=O) groups is 1. The number of aryl methyl sites for hydroxylation is 1. The van der Waals surface area contributed by atoms with Gasteiger partial charge in [-0.25, -0.2) is 9.31 Å². The minimum absolute atomic E-state index is 0.0760. The maximum atomic E-state index is 12.7. The van der Waals surface area contributed by atoms with Crippen LogP contribution in [0.3, 0.4) is 0 Å². The molecule has 2 amide bonds. The third-order valence-corrected chi connectivity index (χ3v) is 6.40. The highest BCUT2D eigenvalue weighted by molar-refractivity contribution is 7.17. The Morgan fingerprint density at radius 3 is 2.73 bits per heavy atom.